The van der Waals surface area contributed by atoms with E-state index >= 15 is 0 Å². The lowest BCUT2D eigenvalue weighted by Crippen LogP contribution is -2.23. The zero-order valence-corrected chi connectivity index (χ0v) is 22.3. The van der Waals surface area contributed by atoms with E-state index < -0.39 is 5.25 Å². The van der Waals surface area contributed by atoms with Crippen LogP contribution in [0.15, 0.2) is 47.6 Å². The number of nitrogens with zero attached hydrogens (tertiary/aromatic N) is 3. The Bertz CT molecular complexity index is 1280. The molecule has 1 unspecified atom stereocenters. The molecule has 0 saturated carbocycles. The van der Waals surface area contributed by atoms with Crippen molar-refractivity contribution >= 4 is 58.1 Å². The van der Waals surface area contributed by atoms with E-state index in [1.54, 1.807) is 54.9 Å². The van der Waals surface area contributed by atoms with Crippen molar-refractivity contribution < 1.29 is 14.4 Å². The summed E-state index contributed by atoms with van der Waals surface area (Å²) in [4.78, 5) is 37.2. The first-order valence-electron chi connectivity index (χ1n) is 11.4. The van der Waals surface area contributed by atoms with Gasteiger partial charge in [-0.1, -0.05) is 49.3 Å². The number of halogens is 1. The average molecular weight is 529 g/mol. The molecule has 0 bridgehead atoms. The van der Waals surface area contributed by atoms with Gasteiger partial charge in [-0.3, -0.25) is 14.4 Å². The summed E-state index contributed by atoms with van der Waals surface area (Å²) >= 11 is 7.25. The molecule has 0 saturated heterocycles. The van der Waals surface area contributed by atoms with Gasteiger partial charge in [0.25, 0.3) is 0 Å². The van der Waals surface area contributed by atoms with E-state index in [9.17, 15) is 14.4 Å². The van der Waals surface area contributed by atoms with Crippen LogP contribution >= 0.6 is 23.4 Å². The quantitative estimate of drug-likeness (QED) is 0.347. The Hall–Kier alpha value is -3.37. The van der Waals surface area contributed by atoms with Crippen molar-refractivity contribution in [2.75, 3.05) is 16.0 Å². The number of carbonyl (C=O) groups excluding carboxylic acids is 3. The van der Waals surface area contributed by atoms with E-state index in [-0.39, 0.29) is 30.1 Å². The summed E-state index contributed by atoms with van der Waals surface area (Å²) in [5, 5.41) is 17.3. The van der Waals surface area contributed by atoms with E-state index in [4.69, 9.17) is 11.6 Å². The Morgan fingerprint density at radius 3 is 2.31 bits per heavy atom. The van der Waals surface area contributed by atoms with Gasteiger partial charge < -0.3 is 20.5 Å². The molecule has 1 atom stereocenters. The normalized spacial score (nSPS) is 11.8. The topological polar surface area (TPSA) is 118 Å². The standard InChI is InChI=1S/C25H29ClN6O3S/c1-14(2)23(34)27-18-7-6-8-19(12-18)28-24(35)16(4)36-25-31-30-21(32(25)5)13-22(33)29-20-11-17(26)10-9-15(20)3/h6-12,14,16H,13H2,1-5H3,(H,27,34)(H,28,35)(H,29,33). The van der Waals surface area contributed by atoms with Gasteiger partial charge in [0, 0.05) is 35.1 Å². The summed E-state index contributed by atoms with van der Waals surface area (Å²) in [5.41, 5.74) is 2.72. The predicted molar refractivity (Wildman–Crippen MR) is 143 cm³/mol. The van der Waals surface area contributed by atoms with Gasteiger partial charge in [-0.2, -0.15) is 0 Å². The van der Waals surface area contributed by atoms with Gasteiger partial charge in [0.1, 0.15) is 5.82 Å². The molecule has 0 fully saturated rings. The number of nitrogens with one attached hydrogen (secondary N) is 3. The minimum absolute atomic E-state index is 0.0193. The Balaban J connectivity index is 1.59. The molecule has 9 nitrogen and oxygen atoms in total. The molecule has 1 aromatic heterocycles. The van der Waals surface area contributed by atoms with Crippen molar-refractivity contribution in [1.29, 1.82) is 0 Å². The monoisotopic (exact) mass is 528 g/mol. The molecule has 3 N–H and O–H groups in total. The molecular formula is C25H29ClN6O3S. The van der Waals surface area contributed by atoms with E-state index in [1.165, 1.54) is 11.8 Å². The lowest BCUT2D eigenvalue weighted by atomic mass is 10.2. The minimum Gasteiger partial charge on any atom is -0.326 e. The number of rotatable bonds is 9. The molecule has 3 rings (SSSR count). The first-order valence-corrected chi connectivity index (χ1v) is 12.6. The van der Waals surface area contributed by atoms with Gasteiger partial charge in [0.05, 0.1) is 11.7 Å². The zero-order valence-electron chi connectivity index (χ0n) is 20.8. The second kappa shape index (κ2) is 12.0. The smallest absolute Gasteiger partial charge is 0.237 e. The van der Waals surface area contributed by atoms with Crippen molar-refractivity contribution in [2.24, 2.45) is 13.0 Å². The molecule has 0 spiro atoms. The second-order valence-electron chi connectivity index (χ2n) is 8.62. The molecule has 11 heteroatoms. The molecule has 190 valence electrons. The molecule has 0 aliphatic carbocycles. The summed E-state index contributed by atoms with van der Waals surface area (Å²) in [6, 6.07) is 12.3. The van der Waals surface area contributed by atoms with Gasteiger partial charge >= 0.3 is 0 Å². The third kappa shape index (κ3) is 7.32. The molecule has 3 aromatic rings. The fraction of sp³-hybridized carbons (Fsp3) is 0.320. The van der Waals surface area contributed by atoms with Crippen LogP contribution in [-0.2, 0) is 27.9 Å². The number of anilines is 3. The third-order valence-corrected chi connectivity index (χ3v) is 6.66. The van der Waals surface area contributed by atoms with Crippen molar-refractivity contribution in [3.63, 3.8) is 0 Å². The third-order valence-electron chi connectivity index (χ3n) is 5.29. The maximum Gasteiger partial charge on any atom is 0.237 e. The highest BCUT2D eigenvalue weighted by atomic mass is 35.5. The fourth-order valence-corrected chi connectivity index (χ4v) is 4.09. The highest BCUT2D eigenvalue weighted by Gasteiger charge is 2.20. The van der Waals surface area contributed by atoms with Gasteiger partial charge in [0.15, 0.2) is 5.16 Å². The lowest BCUT2D eigenvalue weighted by molar-refractivity contribution is -0.119. The van der Waals surface area contributed by atoms with Gasteiger partial charge in [-0.05, 0) is 49.7 Å². The zero-order chi connectivity index (χ0) is 26.4. The van der Waals surface area contributed by atoms with Gasteiger partial charge in [0.2, 0.25) is 17.7 Å². The maximum atomic E-state index is 12.8. The van der Waals surface area contributed by atoms with Crippen LogP contribution in [0.3, 0.4) is 0 Å². The van der Waals surface area contributed by atoms with Gasteiger partial charge in [-0.15, -0.1) is 10.2 Å². The van der Waals surface area contributed by atoms with E-state index in [0.717, 1.165) is 5.56 Å². The summed E-state index contributed by atoms with van der Waals surface area (Å²) < 4.78 is 1.70. The van der Waals surface area contributed by atoms with Crippen LogP contribution < -0.4 is 16.0 Å². The van der Waals surface area contributed by atoms with Crippen LogP contribution in [0, 0.1) is 12.8 Å². The molecule has 2 aromatic carbocycles. The molecule has 3 amide bonds. The van der Waals surface area contributed by atoms with Crippen LogP contribution in [0.2, 0.25) is 5.02 Å². The largest absolute Gasteiger partial charge is 0.326 e. The Morgan fingerprint density at radius 2 is 1.64 bits per heavy atom. The second-order valence-corrected chi connectivity index (χ2v) is 10.4. The average Bonchev–Trinajstić information content (AvgIpc) is 3.15. The van der Waals surface area contributed by atoms with Crippen molar-refractivity contribution in [3.05, 3.63) is 58.9 Å². The molecular weight excluding hydrogens is 500 g/mol. The van der Waals surface area contributed by atoms with Crippen LogP contribution in [0.1, 0.15) is 32.2 Å². The number of hydrogen-bond acceptors (Lipinski definition) is 6. The first-order chi connectivity index (χ1) is 17.0. The van der Waals surface area contributed by atoms with Gasteiger partial charge in [-0.25, -0.2) is 0 Å². The minimum atomic E-state index is -0.488. The van der Waals surface area contributed by atoms with E-state index in [1.807, 2.05) is 26.8 Å². The summed E-state index contributed by atoms with van der Waals surface area (Å²) in [6.45, 7) is 7.26. The lowest BCUT2D eigenvalue weighted by Gasteiger charge is -2.13. The number of carbonyl (C=O) groups is 3. The molecule has 0 aliphatic heterocycles. The highest BCUT2D eigenvalue weighted by Crippen LogP contribution is 2.24. The van der Waals surface area contributed by atoms with Crippen molar-refractivity contribution in [2.45, 2.75) is 44.5 Å². The number of hydrogen-bond donors (Lipinski definition) is 3. The summed E-state index contributed by atoms with van der Waals surface area (Å²) in [5.74, 6) is -0.260. The van der Waals surface area contributed by atoms with Crippen LogP contribution in [0.5, 0.6) is 0 Å². The molecule has 36 heavy (non-hydrogen) atoms. The summed E-state index contributed by atoms with van der Waals surface area (Å²) in [7, 11) is 1.75. The van der Waals surface area contributed by atoms with Crippen molar-refractivity contribution in [1.82, 2.24) is 14.8 Å². The van der Waals surface area contributed by atoms with Crippen LogP contribution in [0.25, 0.3) is 0 Å². The number of aromatic nitrogens is 3. The number of thioether (sulfide) groups is 1. The SMILES string of the molecule is Cc1ccc(Cl)cc1NC(=O)Cc1nnc(SC(C)C(=O)Nc2cccc(NC(=O)C(C)C)c2)n1C. The number of aryl methyl sites for hydroxylation is 1. The molecule has 1 heterocycles. The molecule has 0 radical (unpaired) electrons. The first kappa shape index (κ1) is 27.2. The van der Waals surface area contributed by atoms with Crippen LogP contribution in [-0.4, -0.2) is 37.7 Å². The van der Waals surface area contributed by atoms with Crippen molar-refractivity contribution in [3.8, 4) is 0 Å². The van der Waals surface area contributed by atoms with E-state index in [2.05, 4.69) is 26.1 Å². The number of benzene rings is 2. The summed E-state index contributed by atoms with van der Waals surface area (Å²) in [6.07, 6.45) is 0.0193. The highest BCUT2D eigenvalue weighted by molar-refractivity contribution is 8.00. The number of amides is 3. The van der Waals surface area contributed by atoms with Crippen LogP contribution in [0.4, 0.5) is 17.1 Å². The van der Waals surface area contributed by atoms with E-state index in [0.29, 0.717) is 33.1 Å². The maximum absolute atomic E-state index is 12.8. The Kier molecular flexibility index (Phi) is 9.11. The molecule has 0 aliphatic rings. The fourth-order valence-electron chi connectivity index (χ4n) is 3.09. The Labute approximate surface area is 219 Å². The predicted octanol–water partition coefficient (Wildman–Crippen LogP) is 4.67. The Morgan fingerprint density at radius 1 is 0.972 bits per heavy atom.